The van der Waals surface area contributed by atoms with Gasteiger partial charge in [-0.3, -0.25) is 4.79 Å². The lowest BCUT2D eigenvalue weighted by atomic mass is 10.1. The van der Waals surface area contributed by atoms with Crippen LogP contribution in [0, 0.1) is 12.7 Å². The molecule has 1 aromatic carbocycles. The lowest BCUT2D eigenvalue weighted by Gasteiger charge is -2.14. The fourth-order valence-electron chi connectivity index (χ4n) is 1.81. The second-order valence-electron chi connectivity index (χ2n) is 4.36. The number of nitrogens with two attached hydrogens (primary N) is 1. The molecule has 3 nitrogen and oxygen atoms in total. The summed E-state index contributed by atoms with van der Waals surface area (Å²) in [7, 11) is 0. The van der Waals surface area contributed by atoms with Gasteiger partial charge in [0.05, 0.1) is 0 Å². The highest BCUT2D eigenvalue weighted by atomic mass is 19.1. The van der Waals surface area contributed by atoms with E-state index in [9.17, 15) is 9.18 Å². The summed E-state index contributed by atoms with van der Waals surface area (Å²) in [6, 6.07) is 9.13. The summed E-state index contributed by atoms with van der Waals surface area (Å²) >= 11 is 0. The molecule has 0 saturated heterocycles. The Kier molecular flexibility index (Phi) is 3.58. The number of aromatic nitrogens is 1. The maximum Gasteiger partial charge on any atom is 0.250 e. The van der Waals surface area contributed by atoms with Gasteiger partial charge in [0.2, 0.25) is 0 Å². The number of rotatable bonds is 3. The van der Waals surface area contributed by atoms with Crippen molar-refractivity contribution in [2.45, 2.75) is 19.5 Å². The summed E-state index contributed by atoms with van der Waals surface area (Å²) < 4.78 is 14.6. The second kappa shape index (κ2) is 5.14. The molecule has 94 valence electrons. The Labute approximate surface area is 105 Å². The molecule has 0 aliphatic rings. The first-order valence-electron chi connectivity index (χ1n) is 5.74. The molecule has 0 radical (unpaired) electrons. The standard InChI is InChI=1S/C14H15FN2O/c1-10-5-6-17(14(18)7-10)9-13(16)11-3-2-4-12(15)8-11/h2-8,13H,9,16H2,1H3. The molecule has 1 atom stereocenters. The molecule has 0 bridgehead atoms. The highest BCUT2D eigenvalue weighted by molar-refractivity contribution is 5.20. The third kappa shape index (κ3) is 2.84. The molecule has 18 heavy (non-hydrogen) atoms. The summed E-state index contributed by atoms with van der Waals surface area (Å²) in [5, 5.41) is 0. The molecular formula is C14H15FN2O. The SMILES string of the molecule is Cc1ccn(CC(N)c2cccc(F)c2)c(=O)c1. The van der Waals surface area contributed by atoms with Crippen LogP contribution in [0.4, 0.5) is 4.39 Å². The first-order valence-corrected chi connectivity index (χ1v) is 5.74. The molecule has 1 aromatic heterocycles. The highest BCUT2D eigenvalue weighted by Crippen LogP contribution is 2.13. The molecule has 2 aromatic rings. The van der Waals surface area contributed by atoms with Crippen molar-refractivity contribution in [2.24, 2.45) is 5.73 Å². The van der Waals surface area contributed by atoms with Gasteiger partial charge >= 0.3 is 0 Å². The van der Waals surface area contributed by atoms with Crippen LogP contribution in [0.3, 0.4) is 0 Å². The predicted octanol–water partition coefficient (Wildman–Crippen LogP) is 2.00. The fourth-order valence-corrected chi connectivity index (χ4v) is 1.81. The highest BCUT2D eigenvalue weighted by Gasteiger charge is 2.08. The minimum atomic E-state index is -0.402. The van der Waals surface area contributed by atoms with E-state index < -0.39 is 6.04 Å². The van der Waals surface area contributed by atoms with Crippen molar-refractivity contribution in [3.63, 3.8) is 0 Å². The van der Waals surface area contributed by atoms with E-state index in [0.29, 0.717) is 12.1 Å². The van der Waals surface area contributed by atoms with E-state index in [4.69, 9.17) is 5.73 Å². The average Bonchev–Trinajstić information content (AvgIpc) is 2.32. The van der Waals surface area contributed by atoms with Crippen molar-refractivity contribution in [3.05, 3.63) is 69.9 Å². The minimum absolute atomic E-state index is 0.0955. The number of halogens is 1. The molecule has 0 spiro atoms. The van der Waals surface area contributed by atoms with Crippen molar-refractivity contribution < 1.29 is 4.39 Å². The number of aryl methyl sites for hydroxylation is 1. The zero-order valence-corrected chi connectivity index (χ0v) is 10.1. The molecule has 1 unspecified atom stereocenters. The number of pyridine rings is 1. The first-order chi connectivity index (χ1) is 8.56. The van der Waals surface area contributed by atoms with Gasteiger partial charge in [-0.1, -0.05) is 12.1 Å². The summed E-state index contributed by atoms with van der Waals surface area (Å²) in [5.74, 6) is -0.320. The van der Waals surface area contributed by atoms with E-state index in [1.54, 1.807) is 24.4 Å². The Hall–Kier alpha value is -1.94. The van der Waals surface area contributed by atoms with Gasteiger partial charge in [-0.15, -0.1) is 0 Å². The molecule has 0 fully saturated rings. The molecule has 2 N–H and O–H groups in total. The third-order valence-corrected chi connectivity index (χ3v) is 2.82. The van der Waals surface area contributed by atoms with Gasteiger partial charge < -0.3 is 10.3 Å². The summed E-state index contributed by atoms with van der Waals surface area (Å²) in [5.41, 5.74) is 7.48. The normalized spacial score (nSPS) is 12.4. The van der Waals surface area contributed by atoms with Gasteiger partial charge in [0, 0.05) is 24.8 Å². The average molecular weight is 246 g/mol. The number of nitrogens with zero attached hydrogens (tertiary/aromatic N) is 1. The monoisotopic (exact) mass is 246 g/mol. The van der Waals surface area contributed by atoms with Crippen LogP contribution in [0.15, 0.2) is 47.4 Å². The molecule has 0 amide bonds. The lowest BCUT2D eigenvalue weighted by molar-refractivity contribution is 0.554. The van der Waals surface area contributed by atoms with Crippen molar-refractivity contribution in [1.82, 2.24) is 4.57 Å². The van der Waals surface area contributed by atoms with Crippen LogP contribution in [-0.4, -0.2) is 4.57 Å². The smallest absolute Gasteiger partial charge is 0.250 e. The van der Waals surface area contributed by atoms with Gasteiger partial charge in [-0.25, -0.2) is 4.39 Å². The summed E-state index contributed by atoms with van der Waals surface area (Å²) in [4.78, 5) is 11.7. The minimum Gasteiger partial charge on any atom is -0.322 e. The first kappa shape index (κ1) is 12.5. The zero-order valence-electron chi connectivity index (χ0n) is 10.1. The van der Waals surface area contributed by atoms with E-state index in [1.165, 1.54) is 16.7 Å². The van der Waals surface area contributed by atoms with Crippen molar-refractivity contribution in [3.8, 4) is 0 Å². The van der Waals surface area contributed by atoms with Gasteiger partial charge in [-0.05, 0) is 36.2 Å². The van der Waals surface area contributed by atoms with Gasteiger partial charge in [0.15, 0.2) is 0 Å². The molecule has 0 aliphatic heterocycles. The largest absolute Gasteiger partial charge is 0.322 e. The Balaban J connectivity index is 2.21. The van der Waals surface area contributed by atoms with Gasteiger partial charge in [0.1, 0.15) is 5.82 Å². The molecule has 2 rings (SSSR count). The zero-order chi connectivity index (χ0) is 13.1. The van der Waals surface area contributed by atoms with Crippen LogP contribution >= 0.6 is 0 Å². The molecular weight excluding hydrogens is 231 g/mol. The number of hydrogen-bond donors (Lipinski definition) is 1. The maximum atomic E-state index is 13.1. The topological polar surface area (TPSA) is 48.0 Å². The predicted molar refractivity (Wildman–Crippen MR) is 68.8 cm³/mol. The molecule has 0 aliphatic carbocycles. The lowest BCUT2D eigenvalue weighted by Crippen LogP contribution is -2.26. The van der Waals surface area contributed by atoms with Crippen LogP contribution in [0.5, 0.6) is 0 Å². The summed E-state index contributed by atoms with van der Waals surface area (Å²) in [6.07, 6.45) is 1.71. The van der Waals surface area contributed by atoms with Crippen LogP contribution in [0.2, 0.25) is 0 Å². The van der Waals surface area contributed by atoms with Crippen LogP contribution in [0.1, 0.15) is 17.2 Å². The number of hydrogen-bond acceptors (Lipinski definition) is 2. The quantitative estimate of drug-likeness (QED) is 0.900. The van der Waals surface area contributed by atoms with E-state index in [1.807, 2.05) is 13.0 Å². The van der Waals surface area contributed by atoms with E-state index >= 15 is 0 Å². The van der Waals surface area contributed by atoms with Crippen molar-refractivity contribution >= 4 is 0 Å². The Bertz CT molecular complexity index is 607. The van der Waals surface area contributed by atoms with Crippen molar-refractivity contribution in [1.29, 1.82) is 0 Å². The van der Waals surface area contributed by atoms with Gasteiger partial charge in [0.25, 0.3) is 5.56 Å². The molecule has 0 saturated carbocycles. The summed E-state index contributed by atoms with van der Waals surface area (Å²) in [6.45, 7) is 2.20. The third-order valence-electron chi connectivity index (χ3n) is 2.82. The Morgan fingerprint density at radius 2 is 2.11 bits per heavy atom. The Morgan fingerprint density at radius 1 is 1.33 bits per heavy atom. The van der Waals surface area contributed by atoms with Crippen LogP contribution < -0.4 is 11.3 Å². The van der Waals surface area contributed by atoms with E-state index in [-0.39, 0.29) is 11.4 Å². The number of benzene rings is 1. The van der Waals surface area contributed by atoms with Crippen molar-refractivity contribution in [2.75, 3.05) is 0 Å². The molecule has 1 heterocycles. The second-order valence-corrected chi connectivity index (χ2v) is 4.36. The van der Waals surface area contributed by atoms with E-state index in [0.717, 1.165) is 5.56 Å². The maximum absolute atomic E-state index is 13.1. The van der Waals surface area contributed by atoms with Crippen LogP contribution in [0.25, 0.3) is 0 Å². The fraction of sp³-hybridized carbons (Fsp3) is 0.214. The van der Waals surface area contributed by atoms with Crippen LogP contribution in [-0.2, 0) is 6.54 Å². The van der Waals surface area contributed by atoms with Gasteiger partial charge in [-0.2, -0.15) is 0 Å². The molecule has 4 heteroatoms. The van der Waals surface area contributed by atoms with E-state index in [2.05, 4.69) is 0 Å². The Morgan fingerprint density at radius 3 is 2.78 bits per heavy atom.